The molecule has 0 bridgehead atoms. The lowest BCUT2D eigenvalue weighted by Crippen LogP contribution is -2.34. The fourth-order valence-corrected chi connectivity index (χ4v) is 8.35. The van der Waals surface area contributed by atoms with E-state index in [0.717, 1.165) is 97.0 Å². The molecule has 276 valence electrons. The Balaban J connectivity index is 0.994. The summed E-state index contributed by atoms with van der Waals surface area (Å²) in [6.45, 7) is 15.3. The normalized spacial score (nSPS) is 19.9. The fourth-order valence-electron chi connectivity index (χ4n) is 7.48. The van der Waals surface area contributed by atoms with Gasteiger partial charge < -0.3 is 18.8 Å². The van der Waals surface area contributed by atoms with Crippen LogP contribution in [0, 0.1) is 23.7 Å². The number of hydrogen-bond donors (Lipinski definition) is 0. The molecule has 5 heterocycles. The number of likely N-dealkylation sites (tertiary alicyclic amines) is 1. The van der Waals surface area contributed by atoms with E-state index in [1.807, 2.05) is 30.5 Å². The zero-order chi connectivity index (χ0) is 37.0. The minimum atomic E-state index is -1.19. The number of pyridine rings is 1. The van der Waals surface area contributed by atoms with Crippen LogP contribution in [0.2, 0.25) is 30.7 Å². The van der Waals surface area contributed by atoms with E-state index in [4.69, 9.17) is 30.8 Å². The van der Waals surface area contributed by atoms with Crippen molar-refractivity contribution in [2.75, 3.05) is 19.7 Å². The summed E-state index contributed by atoms with van der Waals surface area (Å²) in [5.41, 5.74) is 4.44. The second kappa shape index (κ2) is 13.8. The summed E-state index contributed by atoms with van der Waals surface area (Å²) in [4.78, 5) is 12.2. The van der Waals surface area contributed by atoms with E-state index < -0.39 is 13.9 Å². The molecule has 53 heavy (non-hydrogen) atoms. The van der Waals surface area contributed by atoms with Crippen LogP contribution in [-0.2, 0) is 30.3 Å². The number of ether oxygens (including phenoxy) is 3. The number of aromatic nitrogens is 6. The Morgan fingerprint density at radius 1 is 1.04 bits per heavy atom. The van der Waals surface area contributed by atoms with Crippen LogP contribution in [0.5, 0.6) is 11.5 Å². The molecule has 3 aromatic heterocycles. The van der Waals surface area contributed by atoms with E-state index in [-0.39, 0.29) is 5.41 Å². The van der Waals surface area contributed by atoms with Crippen LogP contribution in [0.4, 0.5) is 0 Å². The fraction of sp³-hybridized carbons (Fsp3) is 0.475. The van der Waals surface area contributed by atoms with Crippen molar-refractivity contribution < 1.29 is 14.2 Å². The largest absolute Gasteiger partial charge is 0.443 e. The van der Waals surface area contributed by atoms with Crippen molar-refractivity contribution in [1.82, 2.24) is 34.2 Å². The van der Waals surface area contributed by atoms with Crippen molar-refractivity contribution in [1.29, 1.82) is 5.26 Å². The highest BCUT2D eigenvalue weighted by molar-refractivity contribution is 6.76. The zero-order valence-corrected chi connectivity index (χ0v) is 33.0. The van der Waals surface area contributed by atoms with Crippen molar-refractivity contribution in [3.8, 4) is 29.0 Å². The highest BCUT2D eigenvalue weighted by Crippen LogP contribution is 2.50. The number of nitrogens with zero attached hydrogens (tertiary/aromatic N) is 8. The molecule has 11 nitrogen and oxygen atoms in total. The van der Waals surface area contributed by atoms with Gasteiger partial charge in [-0.15, -0.1) is 10.2 Å². The number of imidazole rings is 1. The summed E-state index contributed by atoms with van der Waals surface area (Å²) >= 11 is 6.10. The molecule has 3 aliphatic rings. The van der Waals surface area contributed by atoms with Crippen LogP contribution in [0.25, 0.3) is 22.4 Å². The molecule has 8 rings (SSSR count). The van der Waals surface area contributed by atoms with Gasteiger partial charge in [0.15, 0.2) is 17.3 Å². The topological polar surface area (TPSA) is 116 Å². The first-order valence-electron chi connectivity index (χ1n) is 18.7. The molecule has 1 saturated heterocycles. The van der Waals surface area contributed by atoms with Crippen LogP contribution >= 0.6 is 11.6 Å². The van der Waals surface area contributed by atoms with Gasteiger partial charge in [-0.3, -0.25) is 14.5 Å². The highest BCUT2D eigenvalue weighted by atomic mass is 35.5. The van der Waals surface area contributed by atoms with Gasteiger partial charge in [-0.1, -0.05) is 43.4 Å². The molecule has 1 atom stereocenters. The number of aryl methyl sites for hydroxylation is 1. The maximum absolute atomic E-state index is 10.1. The molecule has 0 spiro atoms. The standard InChI is InChI=1S/C40H47ClN8O3Si/c1-27-45-46-38(49(27)26-50-19-20-53(3,4)5)29-9-11-33-32(21-29)44-36(48(33)25-40(24-42)15-16-40)23-47-17-13-28(14-18-47)31-7-6-8-34-37(31)52-39(2,51-34)35-12-10-30(41)22-43-35/h6-12,21-22,28H,13-20,23,25-26H2,1-5H3. The number of benzene rings is 2. The lowest BCUT2D eigenvalue weighted by atomic mass is 9.88. The van der Waals surface area contributed by atoms with Crippen LogP contribution < -0.4 is 9.47 Å². The maximum Gasteiger partial charge on any atom is 0.292 e. The molecule has 0 N–H and O–H groups in total. The molecule has 1 unspecified atom stereocenters. The Bertz CT molecular complexity index is 2180. The molecule has 2 fully saturated rings. The molecular formula is C40H47ClN8O3Si. The Labute approximate surface area is 316 Å². The lowest BCUT2D eigenvalue weighted by Gasteiger charge is -2.32. The van der Waals surface area contributed by atoms with Crippen molar-refractivity contribution in [3.63, 3.8) is 0 Å². The average molecular weight is 751 g/mol. The first-order valence-corrected chi connectivity index (χ1v) is 22.7. The molecule has 1 saturated carbocycles. The molecule has 0 amide bonds. The summed E-state index contributed by atoms with van der Waals surface area (Å²) in [5.74, 6) is 3.45. The average Bonchev–Trinajstić information content (AvgIpc) is 3.51. The summed E-state index contributed by atoms with van der Waals surface area (Å²) in [6, 6.07) is 19.9. The Hall–Kier alpha value is -4.28. The third-order valence-electron chi connectivity index (χ3n) is 11.0. The molecule has 1 aliphatic carbocycles. The monoisotopic (exact) mass is 750 g/mol. The maximum atomic E-state index is 10.1. The first-order chi connectivity index (χ1) is 25.4. The Morgan fingerprint density at radius 3 is 2.57 bits per heavy atom. The summed E-state index contributed by atoms with van der Waals surface area (Å²) in [5, 5.41) is 19.6. The van der Waals surface area contributed by atoms with E-state index in [1.54, 1.807) is 12.3 Å². The number of hydrogen-bond acceptors (Lipinski definition) is 9. The molecule has 13 heteroatoms. The van der Waals surface area contributed by atoms with Gasteiger partial charge in [-0.25, -0.2) is 4.98 Å². The Morgan fingerprint density at radius 2 is 1.85 bits per heavy atom. The van der Waals surface area contributed by atoms with Crippen LogP contribution in [0.3, 0.4) is 0 Å². The number of para-hydroxylation sites is 1. The van der Waals surface area contributed by atoms with E-state index in [1.165, 1.54) is 5.56 Å². The van der Waals surface area contributed by atoms with Gasteiger partial charge in [0.1, 0.15) is 24.1 Å². The van der Waals surface area contributed by atoms with Crippen molar-refractivity contribution >= 4 is 30.7 Å². The SMILES string of the molecule is Cc1nnc(-c2ccc3c(c2)nc(CN2CCC(c4cccc5c4OC(C)(c4ccc(Cl)cn4)O5)CC2)n3CC2(C#N)CC2)n1COCC[Si](C)(C)C. The van der Waals surface area contributed by atoms with Gasteiger partial charge in [0.2, 0.25) is 0 Å². The minimum Gasteiger partial charge on any atom is -0.443 e. The molecule has 5 aromatic rings. The van der Waals surface area contributed by atoms with Crippen molar-refractivity contribution in [3.05, 3.63) is 82.7 Å². The van der Waals surface area contributed by atoms with Gasteiger partial charge in [0.25, 0.3) is 5.79 Å². The first kappa shape index (κ1) is 35.7. The summed E-state index contributed by atoms with van der Waals surface area (Å²) in [6.07, 6.45) is 5.43. The third kappa shape index (κ3) is 7.32. The lowest BCUT2D eigenvalue weighted by molar-refractivity contribution is -0.0722. The zero-order valence-electron chi connectivity index (χ0n) is 31.2. The number of nitriles is 1. The predicted octanol–water partition coefficient (Wildman–Crippen LogP) is 8.29. The van der Waals surface area contributed by atoms with E-state index in [9.17, 15) is 5.26 Å². The van der Waals surface area contributed by atoms with Crippen molar-refractivity contribution in [2.45, 2.75) is 96.7 Å². The van der Waals surface area contributed by atoms with Crippen LogP contribution in [0.15, 0.2) is 54.7 Å². The minimum absolute atomic E-state index is 0.315. The molecule has 0 radical (unpaired) electrons. The summed E-state index contributed by atoms with van der Waals surface area (Å²) in [7, 11) is -1.19. The van der Waals surface area contributed by atoms with Gasteiger partial charge in [0, 0.05) is 45.5 Å². The number of fused-ring (bicyclic) bond motifs is 2. The van der Waals surface area contributed by atoms with Crippen LogP contribution in [0.1, 0.15) is 61.4 Å². The third-order valence-corrected chi connectivity index (χ3v) is 12.9. The van der Waals surface area contributed by atoms with Crippen LogP contribution in [-0.4, -0.2) is 62.0 Å². The Kier molecular flexibility index (Phi) is 9.34. The number of piperidine rings is 1. The van der Waals surface area contributed by atoms with E-state index >= 15 is 0 Å². The smallest absolute Gasteiger partial charge is 0.292 e. The predicted molar refractivity (Wildman–Crippen MR) is 206 cm³/mol. The second-order valence-corrected chi connectivity index (χ2v) is 22.4. The highest BCUT2D eigenvalue weighted by Gasteiger charge is 2.45. The molecular weight excluding hydrogens is 704 g/mol. The van der Waals surface area contributed by atoms with E-state index in [2.05, 4.69) is 80.7 Å². The quantitative estimate of drug-likeness (QED) is 0.0918. The van der Waals surface area contributed by atoms with Gasteiger partial charge in [-0.05, 0) is 94.1 Å². The van der Waals surface area contributed by atoms with Gasteiger partial charge in [0.05, 0.1) is 34.1 Å². The number of rotatable bonds is 12. The molecule has 2 aromatic carbocycles. The van der Waals surface area contributed by atoms with Gasteiger partial charge >= 0.3 is 0 Å². The number of halogens is 1. The van der Waals surface area contributed by atoms with Crippen molar-refractivity contribution in [2.24, 2.45) is 5.41 Å². The molecule has 2 aliphatic heterocycles. The second-order valence-electron chi connectivity index (χ2n) is 16.3. The van der Waals surface area contributed by atoms with Gasteiger partial charge in [-0.2, -0.15) is 5.26 Å². The summed E-state index contributed by atoms with van der Waals surface area (Å²) < 4.78 is 23.3. The van der Waals surface area contributed by atoms with E-state index in [0.29, 0.717) is 36.5 Å².